The number of rotatable bonds is 6. The molecule has 1 aliphatic rings. The summed E-state index contributed by atoms with van der Waals surface area (Å²) in [5, 5.41) is 9.11. The molecule has 18 heavy (non-hydrogen) atoms. The molecule has 0 saturated heterocycles. The molecule has 0 aromatic carbocycles. The average molecular weight is 254 g/mol. The normalized spacial score (nSPS) is 28.5. The summed E-state index contributed by atoms with van der Waals surface area (Å²) in [6.07, 6.45) is 2.81. The molecule has 4 nitrogen and oxygen atoms in total. The van der Waals surface area contributed by atoms with E-state index in [4.69, 9.17) is 5.11 Å². The molecule has 102 valence electrons. The third-order valence-electron chi connectivity index (χ3n) is 3.84. The quantitative estimate of drug-likeness (QED) is 0.732. The van der Waals surface area contributed by atoms with E-state index < -0.39 is 11.3 Å². The van der Waals surface area contributed by atoms with Gasteiger partial charge in [0.25, 0.3) is 0 Å². The number of carbonyl (C=O) groups is 3. The molecule has 0 amide bonds. The third-order valence-corrected chi connectivity index (χ3v) is 3.84. The van der Waals surface area contributed by atoms with Crippen molar-refractivity contribution in [2.75, 3.05) is 6.61 Å². The van der Waals surface area contributed by atoms with E-state index in [1.807, 2.05) is 6.92 Å². The van der Waals surface area contributed by atoms with Crippen LogP contribution in [0.5, 0.6) is 0 Å². The van der Waals surface area contributed by atoms with Crippen molar-refractivity contribution in [3.63, 3.8) is 0 Å². The Morgan fingerprint density at radius 1 is 1.22 bits per heavy atom. The van der Waals surface area contributed by atoms with E-state index in [9.17, 15) is 14.4 Å². The molecule has 1 rings (SSSR count). The van der Waals surface area contributed by atoms with Crippen LogP contribution in [0.15, 0.2) is 0 Å². The summed E-state index contributed by atoms with van der Waals surface area (Å²) < 4.78 is 0. The SMILES string of the molecule is CCCC1(CCO)CC(=O)C(C(=O)CC)C(=O)C1. The van der Waals surface area contributed by atoms with Crippen LogP contribution in [0.25, 0.3) is 0 Å². The van der Waals surface area contributed by atoms with E-state index in [1.165, 1.54) is 0 Å². The predicted molar refractivity (Wildman–Crippen MR) is 67.1 cm³/mol. The summed E-state index contributed by atoms with van der Waals surface area (Å²) in [4.78, 5) is 35.7. The Hall–Kier alpha value is -1.03. The average Bonchev–Trinajstić information content (AvgIpc) is 2.28. The molecule has 4 heteroatoms. The van der Waals surface area contributed by atoms with Gasteiger partial charge in [0.2, 0.25) is 0 Å². The minimum absolute atomic E-state index is 0.0209. The number of hydrogen-bond acceptors (Lipinski definition) is 4. The van der Waals surface area contributed by atoms with Crippen LogP contribution in [-0.2, 0) is 14.4 Å². The number of carbonyl (C=O) groups excluding carboxylic acids is 3. The van der Waals surface area contributed by atoms with E-state index in [0.717, 1.165) is 12.8 Å². The zero-order valence-corrected chi connectivity index (χ0v) is 11.2. The molecule has 1 saturated carbocycles. The van der Waals surface area contributed by atoms with Crippen molar-refractivity contribution in [3.05, 3.63) is 0 Å². The van der Waals surface area contributed by atoms with Gasteiger partial charge in [-0.05, 0) is 18.3 Å². The van der Waals surface area contributed by atoms with Crippen LogP contribution >= 0.6 is 0 Å². The van der Waals surface area contributed by atoms with Crippen LogP contribution in [0.2, 0.25) is 0 Å². The number of Topliss-reactive ketones (excluding diaryl/α,β-unsaturated/α-hetero) is 3. The Bertz CT molecular complexity index is 320. The maximum absolute atomic E-state index is 12.0. The lowest BCUT2D eigenvalue weighted by molar-refractivity contribution is -0.146. The first kappa shape index (κ1) is 15.0. The van der Waals surface area contributed by atoms with Gasteiger partial charge >= 0.3 is 0 Å². The number of aliphatic hydroxyl groups is 1. The van der Waals surface area contributed by atoms with Gasteiger partial charge in [-0.3, -0.25) is 14.4 Å². The monoisotopic (exact) mass is 254 g/mol. The standard InChI is InChI=1S/C14H22O4/c1-3-5-14(6-7-15)8-11(17)13(10(16)4-2)12(18)9-14/h13,15H,3-9H2,1-2H3. The number of aliphatic hydroxyl groups excluding tert-OH is 1. The molecule has 0 aromatic rings. The molecule has 0 radical (unpaired) electrons. The maximum Gasteiger partial charge on any atom is 0.151 e. The molecule has 0 aromatic heterocycles. The van der Waals surface area contributed by atoms with Crippen LogP contribution in [0.1, 0.15) is 52.4 Å². The smallest absolute Gasteiger partial charge is 0.151 e. The lowest BCUT2D eigenvalue weighted by atomic mass is 9.64. The summed E-state index contributed by atoms with van der Waals surface area (Å²) >= 11 is 0. The Morgan fingerprint density at radius 2 is 1.78 bits per heavy atom. The van der Waals surface area contributed by atoms with Gasteiger partial charge in [-0.1, -0.05) is 20.3 Å². The largest absolute Gasteiger partial charge is 0.396 e. The second-order valence-electron chi connectivity index (χ2n) is 5.26. The highest BCUT2D eigenvalue weighted by Crippen LogP contribution is 2.42. The maximum atomic E-state index is 12.0. The van der Waals surface area contributed by atoms with E-state index in [1.54, 1.807) is 6.92 Å². The van der Waals surface area contributed by atoms with Crippen molar-refractivity contribution in [3.8, 4) is 0 Å². The fraction of sp³-hybridized carbons (Fsp3) is 0.786. The van der Waals surface area contributed by atoms with E-state index >= 15 is 0 Å². The van der Waals surface area contributed by atoms with Gasteiger partial charge in [0.1, 0.15) is 5.92 Å². The molecule has 0 unspecified atom stereocenters. The third kappa shape index (κ3) is 3.05. The molecule has 1 aliphatic carbocycles. The Kier molecular flexibility index (Phi) is 5.20. The molecular formula is C14H22O4. The molecule has 1 N–H and O–H groups in total. The summed E-state index contributed by atoms with van der Waals surface area (Å²) in [6, 6.07) is 0. The molecule has 0 aliphatic heterocycles. The van der Waals surface area contributed by atoms with Crippen molar-refractivity contribution in [2.45, 2.75) is 52.4 Å². The van der Waals surface area contributed by atoms with Gasteiger partial charge in [-0.25, -0.2) is 0 Å². The molecule has 0 heterocycles. The minimum atomic E-state index is -1.03. The lowest BCUT2D eigenvalue weighted by Crippen LogP contribution is -2.44. The van der Waals surface area contributed by atoms with Crippen molar-refractivity contribution in [2.24, 2.45) is 11.3 Å². The van der Waals surface area contributed by atoms with Crippen molar-refractivity contribution in [1.29, 1.82) is 0 Å². The van der Waals surface area contributed by atoms with Crippen LogP contribution in [0.3, 0.4) is 0 Å². The Morgan fingerprint density at radius 3 is 2.17 bits per heavy atom. The van der Waals surface area contributed by atoms with Gasteiger partial charge in [0.15, 0.2) is 17.3 Å². The highest BCUT2D eigenvalue weighted by Gasteiger charge is 2.46. The van der Waals surface area contributed by atoms with Gasteiger partial charge in [0, 0.05) is 25.9 Å². The summed E-state index contributed by atoms with van der Waals surface area (Å²) in [7, 11) is 0. The first-order valence-corrected chi connectivity index (χ1v) is 6.68. The summed E-state index contributed by atoms with van der Waals surface area (Å²) in [6.45, 7) is 3.65. The first-order chi connectivity index (χ1) is 8.49. The zero-order chi connectivity index (χ0) is 13.8. The van der Waals surface area contributed by atoms with E-state index in [-0.39, 0.29) is 43.2 Å². The second kappa shape index (κ2) is 6.23. The zero-order valence-electron chi connectivity index (χ0n) is 11.2. The molecule has 0 spiro atoms. The Labute approximate surface area is 108 Å². The summed E-state index contributed by atoms with van der Waals surface area (Å²) in [5.41, 5.74) is -0.414. The van der Waals surface area contributed by atoms with Crippen molar-refractivity contribution >= 4 is 17.3 Å². The molecule has 0 bridgehead atoms. The van der Waals surface area contributed by atoms with Crippen molar-refractivity contribution < 1.29 is 19.5 Å². The van der Waals surface area contributed by atoms with Crippen LogP contribution in [0, 0.1) is 11.3 Å². The van der Waals surface area contributed by atoms with Crippen LogP contribution < -0.4 is 0 Å². The fourth-order valence-electron chi connectivity index (χ4n) is 2.99. The molecule has 1 fully saturated rings. The van der Waals surface area contributed by atoms with Gasteiger partial charge in [-0.2, -0.15) is 0 Å². The number of hydrogen-bond donors (Lipinski definition) is 1. The van der Waals surface area contributed by atoms with E-state index in [2.05, 4.69) is 0 Å². The van der Waals surface area contributed by atoms with Crippen LogP contribution in [0.4, 0.5) is 0 Å². The van der Waals surface area contributed by atoms with Gasteiger partial charge < -0.3 is 5.11 Å². The van der Waals surface area contributed by atoms with E-state index in [0.29, 0.717) is 6.42 Å². The minimum Gasteiger partial charge on any atom is -0.396 e. The fourth-order valence-corrected chi connectivity index (χ4v) is 2.99. The first-order valence-electron chi connectivity index (χ1n) is 6.68. The van der Waals surface area contributed by atoms with Crippen LogP contribution in [-0.4, -0.2) is 29.1 Å². The Balaban J connectivity index is 2.90. The molecular weight excluding hydrogens is 232 g/mol. The second-order valence-corrected chi connectivity index (χ2v) is 5.26. The topological polar surface area (TPSA) is 71.4 Å². The lowest BCUT2D eigenvalue weighted by Gasteiger charge is -2.37. The molecule has 0 atom stereocenters. The van der Waals surface area contributed by atoms with Gasteiger partial charge in [0.05, 0.1) is 0 Å². The summed E-state index contributed by atoms with van der Waals surface area (Å²) in [5.74, 6) is -1.79. The number of ketones is 3. The highest BCUT2D eigenvalue weighted by atomic mass is 16.3. The van der Waals surface area contributed by atoms with Gasteiger partial charge in [-0.15, -0.1) is 0 Å². The predicted octanol–water partition coefficient (Wildman–Crippen LogP) is 1.68. The highest BCUT2D eigenvalue weighted by molar-refractivity contribution is 6.20. The van der Waals surface area contributed by atoms with Crippen molar-refractivity contribution in [1.82, 2.24) is 0 Å².